The van der Waals surface area contributed by atoms with Crippen molar-refractivity contribution in [2.75, 3.05) is 38.1 Å². The molecule has 0 unspecified atom stereocenters. The van der Waals surface area contributed by atoms with E-state index in [1.165, 1.54) is 44.3 Å². The van der Waals surface area contributed by atoms with Crippen molar-refractivity contribution in [3.8, 4) is 23.0 Å². The van der Waals surface area contributed by atoms with Gasteiger partial charge in [0.05, 0.1) is 45.4 Å². The van der Waals surface area contributed by atoms with E-state index in [-0.39, 0.29) is 21.5 Å². The van der Waals surface area contributed by atoms with Gasteiger partial charge in [0.15, 0.2) is 17.2 Å². The van der Waals surface area contributed by atoms with Crippen molar-refractivity contribution in [2.24, 2.45) is 5.92 Å². The Hall–Kier alpha value is -3.45. The van der Waals surface area contributed by atoms with Crippen LogP contribution in [0, 0.1) is 5.92 Å². The second-order valence-electron chi connectivity index (χ2n) is 11.0. The lowest BCUT2D eigenvalue weighted by Crippen LogP contribution is -2.34. The summed E-state index contributed by atoms with van der Waals surface area (Å²) in [4.78, 5) is 5.95. The van der Waals surface area contributed by atoms with Crippen LogP contribution in [-0.2, 0) is 16.2 Å². The molecule has 0 spiro atoms. The average molecular weight is 699 g/mol. The van der Waals surface area contributed by atoms with Gasteiger partial charge in [-0.05, 0) is 74.7 Å². The maximum absolute atomic E-state index is 13.5. The van der Waals surface area contributed by atoms with Gasteiger partial charge >= 0.3 is 6.18 Å². The van der Waals surface area contributed by atoms with Crippen LogP contribution in [0.4, 0.5) is 18.9 Å². The van der Waals surface area contributed by atoms with Crippen LogP contribution in [0.5, 0.6) is 23.0 Å². The fraction of sp³-hybridized carbons (Fsp3) is 0.344. The van der Waals surface area contributed by atoms with Gasteiger partial charge in [-0.15, -0.1) is 0 Å². The van der Waals surface area contributed by atoms with Crippen molar-refractivity contribution < 1.29 is 35.8 Å². The van der Waals surface area contributed by atoms with E-state index in [2.05, 4.69) is 21.5 Å². The van der Waals surface area contributed by atoms with Crippen LogP contribution in [0.3, 0.4) is 0 Å². The average Bonchev–Trinajstić information content (AvgIpc) is 3.01. The molecule has 0 aliphatic carbocycles. The third kappa shape index (κ3) is 7.91. The van der Waals surface area contributed by atoms with E-state index in [1.807, 2.05) is 0 Å². The Morgan fingerprint density at radius 2 is 1.70 bits per heavy atom. The number of nitrogens with zero attached hydrogens (tertiary/aromatic N) is 2. The molecule has 0 bridgehead atoms. The predicted octanol–water partition coefficient (Wildman–Crippen LogP) is 8.66. The van der Waals surface area contributed by atoms with Gasteiger partial charge in [0, 0.05) is 24.2 Å². The molecule has 1 aliphatic heterocycles. The van der Waals surface area contributed by atoms with E-state index in [0.29, 0.717) is 40.8 Å². The monoisotopic (exact) mass is 697 g/mol. The largest absolute Gasteiger partial charge is 0.493 e. The highest BCUT2D eigenvalue weighted by Gasteiger charge is 2.37. The molecule has 46 heavy (non-hydrogen) atoms. The molecule has 0 radical (unpaired) electrons. The Kier molecular flexibility index (Phi) is 10.4. The van der Waals surface area contributed by atoms with Crippen molar-refractivity contribution in [3.05, 3.63) is 76.4 Å². The highest BCUT2D eigenvalue weighted by atomic mass is 35.5. The Morgan fingerprint density at radius 1 is 1.00 bits per heavy atom. The molecule has 14 heteroatoms. The summed E-state index contributed by atoms with van der Waals surface area (Å²) >= 11 is 12.9. The number of fused-ring (bicyclic) bond motifs is 1. The lowest BCUT2D eigenvalue weighted by molar-refractivity contribution is -0.139. The zero-order chi connectivity index (χ0) is 33.1. The maximum Gasteiger partial charge on any atom is 0.417 e. The number of rotatable bonds is 11. The highest BCUT2D eigenvalue weighted by Crippen LogP contribution is 2.43. The highest BCUT2D eigenvalue weighted by molar-refractivity contribution is 7.92. The number of likely N-dealkylation sites (tertiary alicyclic amines) is 1. The molecule has 8 nitrogen and oxygen atoms in total. The molecule has 246 valence electrons. The van der Waals surface area contributed by atoms with Crippen LogP contribution in [-0.4, -0.2) is 51.7 Å². The Balaban J connectivity index is 1.33. The molecule has 1 saturated heterocycles. The molecular weight excluding hydrogens is 666 g/mol. The van der Waals surface area contributed by atoms with Crippen molar-refractivity contribution in [1.29, 1.82) is 0 Å². The fourth-order valence-electron chi connectivity index (χ4n) is 5.22. The molecule has 3 aromatic carbocycles. The minimum atomic E-state index is -4.88. The number of hydrogen-bond donors (Lipinski definition) is 1. The third-order valence-electron chi connectivity index (χ3n) is 7.68. The molecule has 1 N–H and O–H groups in total. The molecular formula is C32H32Cl2F3N3O5S. The molecule has 4 aromatic rings. The molecule has 0 atom stereocenters. The lowest BCUT2D eigenvalue weighted by Gasteiger charge is -2.30. The SMILES string of the molecule is COc1cc2c(Oc3c(Cl)cc(NS(=O)(=O)c4ccccc4C(F)(F)F)cc3Cl)ccnc2cc1OCCCN1CCC(C)CC1. The number of benzene rings is 3. The summed E-state index contributed by atoms with van der Waals surface area (Å²) in [6.45, 7) is 5.97. The molecule has 1 fully saturated rings. The minimum Gasteiger partial charge on any atom is -0.493 e. The second-order valence-corrected chi connectivity index (χ2v) is 13.5. The summed E-state index contributed by atoms with van der Waals surface area (Å²) in [6.07, 6.45) is -0.0464. The number of anilines is 1. The Bertz CT molecular complexity index is 1790. The molecule has 1 aliphatic rings. The predicted molar refractivity (Wildman–Crippen MR) is 172 cm³/mol. The summed E-state index contributed by atoms with van der Waals surface area (Å²) in [5.41, 5.74) is -0.907. The van der Waals surface area contributed by atoms with Crippen LogP contribution < -0.4 is 18.9 Å². The summed E-state index contributed by atoms with van der Waals surface area (Å²) in [7, 11) is -3.13. The van der Waals surface area contributed by atoms with E-state index in [9.17, 15) is 21.6 Å². The number of pyridine rings is 1. The maximum atomic E-state index is 13.5. The second kappa shape index (κ2) is 14.1. The number of ether oxygens (including phenoxy) is 3. The topological polar surface area (TPSA) is 90.0 Å². The Labute approximate surface area is 275 Å². The van der Waals surface area contributed by atoms with E-state index in [4.69, 9.17) is 37.4 Å². The quantitative estimate of drug-likeness (QED) is 0.157. The third-order valence-corrected chi connectivity index (χ3v) is 9.68. The van der Waals surface area contributed by atoms with Gasteiger partial charge in [0.25, 0.3) is 10.0 Å². The number of methoxy groups -OCH3 is 1. The molecule has 2 heterocycles. The van der Waals surface area contributed by atoms with E-state index < -0.39 is 26.7 Å². The van der Waals surface area contributed by atoms with Gasteiger partial charge in [0.1, 0.15) is 5.75 Å². The number of hydrogen-bond acceptors (Lipinski definition) is 7. The van der Waals surface area contributed by atoms with Crippen LogP contribution in [0.1, 0.15) is 31.7 Å². The normalized spacial score (nSPS) is 14.8. The zero-order valence-corrected chi connectivity index (χ0v) is 27.4. The molecule has 0 amide bonds. The van der Waals surface area contributed by atoms with Gasteiger partial charge in [-0.3, -0.25) is 9.71 Å². The molecule has 0 saturated carbocycles. The lowest BCUT2D eigenvalue weighted by atomic mass is 9.99. The van der Waals surface area contributed by atoms with E-state index >= 15 is 0 Å². The summed E-state index contributed by atoms with van der Waals surface area (Å²) in [5, 5.41) is 0.388. The van der Waals surface area contributed by atoms with Gasteiger partial charge in [-0.1, -0.05) is 42.3 Å². The van der Waals surface area contributed by atoms with Crippen LogP contribution in [0.2, 0.25) is 10.0 Å². The first-order valence-corrected chi connectivity index (χ1v) is 16.8. The smallest absolute Gasteiger partial charge is 0.417 e. The van der Waals surface area contributed by atoms with Gasteiger partial charge in [-0.25, -0.2) is 8.42 Å². The van der Waals surface area contributed by atoms with E-state index in [1.54, 1.807) is 18.2 Å². The van der Waals surface area contributed by atoms with Crippen LogP contribution in [0.15, 0.2) is 65.7 Å². The first kappa shape index (κ1) is 33.9. The van der Waals surface area contributed by atoms with Gasteiger partial charge < -0.3 is 19.1 Å². The number of nitrogens with one attached hydrogen (secondary N) is 1. The number of alkyl halides is 3. The van der Waals surface area contributed by atoms with Crippen molar-refractivity contribution in [1.82, 2.24) is 9.88 Å². The van der Waals surface area contributed by atoms with Crippen molar-refractivity contribution in [3.63, 3.8) is 0 Å². The zero-order valence-electron chi connectivity index (χ0n) is 25.0. The first-order valence-electron chi connectivity index (χ1n) is 14.5. The van der Waals surface area contributed by atoms with Crippen LogP contribution in [0.25, 0.3) is 10.9 Å². The summed E-state index contributed by atoms with van der Waals surface area (Å²) in [6, 6.07) is 11.3. The molecule has 5 rings (SSSR count). The van der Waals surface area contributed by atoms with Crippen molar-refractivity contribution >= 4 is 49.8 Å². The summed E-state index contributed by atoms with van der Waals surface area (Å²) in [5.74, 6) is 2.11. The minimum absolute atomic E-state index is 0.000808. The van der Waals surface area contributed by atoms with Crippen LogP contribution >= 0.6 is 23.2 Å². The first-order chi connectivity index (χ1) is 21.9. The summed E-state index contributed by atoms with van der Waals surface area (Å²) < 4.78 is 86.0. The van der Waals surface area contributed by atoms with Crippen molar-refractivity contribution in [2.45, 2.75) is 37.3 Å². The van der Waals surface area contributed by atoms with Gasteiger partial charge in [0.2, 0.25) is 0 Å². The molecule has 1 aromatic heterocycles. The van der Waals surface area contributed by atoms with Gasteiger partial charge in [-0.2, -0.15) is 13.2 Å². The van der Waals surface area contributed by atoms with E-state index in [0.717, 1.165) is 44.1 Å². The number of piperidine rings is 1. The fourth-order valence-corrected chi connectivity index (χ4v) is 7.05. The number of halogens is 5. The number of sulfonamides is 1. The number of aromatic nitrogens is 1. The Morgan fingerprint density at radius 3 is 2.37 bits per heavy atom. The standard InChI is InChI=1S/C32H32Cl2F3N3O5S/c1-20-9-13-40(14-10-20)12-5-15-44-29-19-26-22(18-28(29)43-2)27(8-11-38-26)45-31-24(33)16-21(17-25(31)34)39-46(41,42)30-7-4-3-6-23(30)32(35,36)37/h3-4,6-8,11,16-20,39H,5,9-10,12-15H2,1-2H3.